The lowest BCUT2D eigenvalue weighted by molar-refractivity contribution is -0.0190. The molecule has 0 aromatic heterocycles. The van der Waals surface area contributed by atoms with Crippen LogP contribution in [0.1, 0.15) is 89.5 Å². The van der Waals surface area contributed by atoms with Gasteiger partial charge in [-0.3, -0.25) is 0 Å². The molecule has 0 radical (unpaired) electrons. The molecule has 5 rings (SSSR count). The van der Waals surface area contributed by atoms with Crippen LogP contribution in [-0.4, -0.2) is 19.3 Å². The number of ether oxygens (including phenoxy) is 2. The smallest absolute Gasteiger partial charge is 0.201 e. The maximum atomic E-state index is 14.7. The van der Waals surface area contributed by atoms with Gasteiger partial charge >= 0.3 is 0 Å². The van der Waals surface area contributed by atoms with Crippen LogP contribution in [0.4, 0.5) is 8.78 Å². The second kappa shape index (κ2) is 12.8. The molecule has 2 atom stereocenters. The Bertz CT molecular complexity index is 1050. The fourth-order valence-corrected chi connectivity index (χ4v) is 7.50. The minimum absolute atomic E-state index is 0.0307. The molecule has 0 N–H and O–H groups in total. The minimum atomic E-state index is -0.911. The van der Waals surface area contributed by atoms with E-state index in [9.17, 15) is 8.78 Å². The van der Waals surface area contributed by atoms with Gasteiger partial charge in [0.25, 0.3) is 0 Å². The average molecular weight is 523 g/mol. The van der Waals surface area contributed by atoms with Crippen LogP contribution in [0.15, 0.2) is 48.6 Å². The number of halogens is 2. The molecule has 4 heteroatoms. The summed E-state index contributed by atoms with van der Waals surface area (Å²) < 4.78 is 40.3. The Morgan fingerprint density at radius 2 is 1.37 bits per heavy atom. The van der Waals surface area contributed by atoms with E-state index in [1.54, 1.807) is 13.0 Å². The molecule has 1 aliphatic heterocycles. The van der Waals surface area contributed by atoms with Crippen molar-refractivity contribution in [3.63, 3.8) is 0 Å². The van der Waals surface area contributed by atoms with Crippen LogP contribution in [0.25, 0.3) is 11.1 Å². The summed E-state index contributed by atoms with van der Waals surface area (Å²) in [6, 6.07) is 11.2. The molecular weight excluding hydrogens is 478 g/mol. The van der Waals surface area contributed by atoms with E-state index in [0.29, 0.717) is 24.2 Å². The second-order valence-corrected chi connectivity index (χ2v) is 11.8. The molecule has 0 spiro atoms. The molecule has 0 bridgehead atoms. The number of rotatable bonds is 7. The van der Waals surface area contributed by atoms with Crippen LogP contribution >= 0.6 is 0 Å². The van der Waals surface area contributed by atoms with Gasteiger partial charge in [-0.1, -0.05) is 36.4 Å². The highest BCUT2D eigenvalue weighted by atomic mass is 19.2. The second-order valence-electron chi connectivity index (χ2n) is 11.8. The lowest BCUT2D eigenvalue weighted by atomic mass is 9.66. The zero-order valence-corrected chi connectivity index (χ0v) is 23.1. The van der Waals surface area contributed by atoms with Gasteiger partial charge in [0.2, 0.25) is 5.82 Å². The summed E-state index contributed by atoms with van der Waals surface area (Å²) in [5, 5.41) is 0. The lowest BCUT2D eigenvalue weighted by Gasteiger charge is -2.41. The van der Waals surface area contributed by atoms with E-state index in [-0.39, 0.29) is 11.3 Å². The van der Waals surface area contributed by atoms with Crippen LogP contribution in [-0.2, 0) is 4.74 Å². The first kappa shape index (κ1) is 27.4. The van der Waals surface area contributed by atoms with Crippen molar-refractivity contribution in [1.82, 2.24) is 0 Å². The Hall–Kier alpha value is -2.20. The number of benzene rings is 2. The van der Waals surface area contributed by atoms with Gasteiger partial charge in [0.1, 0.15) is 0 Å². The van der Waals surface area contributed by atoms with E-state index < -0.39 is 11.6 Å². The first-order valence-corrected chi connectivity index (χ1v) is 15.0. The van der Waals surface area contributed by atoms with Gasteiger partial charge < -0.3 is 9.47 Å². The zero-order chi connectivity index (χ0) is 26.5. The van der Waals surface area contributed by atoms with E-state index >= 15 is 0 Å². The number of hydrogen-bond acceptors (Lipinski definition) is 2. The Morgan fingerprint density at radius 1 is 0.763 bits per heavy atom. The van der Waals surface area contributed by atoms with Gasteiger partial charge in [-0.2, -0.15) is 4.39 Å². The molecule has 2 unspecified atom stereocenters. The largest absolute Gasteiger partial charge is 0.491 e. The van der Waals surface area contributed by atoms with Crippen LogP contribution < -0.4 is 4.74 Å². The van der Waals surface area contributed by atoms with Gasteiger partial charge in [-0.25, -0.2) is 4.39 Å². The van der Waals surface area contributed by atoms with Crippen molar-refractivity contribution >= 4 is 0 Å². The number of allylic oxidation sites excluding steroid dienone is 1. The van der Waals surface area contributed by atoms with E-state index in [1.165, 1.54) is 75.8 Å². The maximum absolute atomic E-state index is 14.7. The van der Waals surface area contributed by atoms with Crippen LogP contribution in [0.5, 0.6) is 5.75 Å². The van der Waals surface area contributed by atoms with Crippen molar-refractivity contribution in [3.05, 3.63) is 65.7 Å². The van der Waals surface area contributed by atoms with Crippen molar-refractivity contribution in [2.45, 2.75) is 90.1 Å². The molecule has 2 aromatic carbocycles. The molecular formula is C34H44F2O2. The zero-order valence-electron chi connectivity index (χ0n) is 23.1. The van der Waals surface area contributed by atoms with Gasteiger partial charge in [-0.15, -0.1) is 0 Å². The van der Waals surface area contributed by atoms with Crippen molar-refractivity contribution in [2.24, 2.45) is 23.7 Å². The third-order valence-electron chi connectivity index (χ3n) is 9.71. The monoisotopic (exact) mass is 522 g/mol. The van der Waals surface area contributed by atoms with E-state index in [0.717, 1.165) is 30.3 Å². The van der Waals surface area contributed by atoms with Crippen molar-refractivity contribution in [3.8, 4) is 16.9 Å². The summed E-state index contributed by atoms with van der Waals surface area (Å²) in [7, 11) is 0. The van der Waals surface area contributed by atoms with Gasteiger partial charge in [0.05, 0.1) is 19.3 Å². The normalized spacial score (nSPS) is 30.4. The summed E-state index contributed by atoms with van der Waals surface area (Å²) in [6.07, 6.45) is 17.9. The van der Waals surface area contributed by atoms with Crippen molar-refractivity contribution in [2.75, 3.05) is 13.2 Å². The molecule has 2 nitrogen and oxygen atoms in total. The molecule has 2 saturated carbocycles. The van der Waals surface area contributed by atoms with Crippen LogP contribution in [0.3, 0.4) is 0 Å². The predicted octanol–water partition coefficient (Wildman–Crippen LogP) is 9.48. The maximum Gasteiger partial charge on any atom is 0.201 e. The lowest BCUT2D eigenvalue weighted by Crippen LogP contribution is -2.33. The molecule has 38 heavy (non-hydrogen) atoms. The Balaban J connectivity index is 1.10. The number of hydrogen-bond donors (Lipinski definition) is 0. The van der Waals surface area contributed by atoms with E-state index in [4.69, 9.17) is 9.47 Å². The summed E-state index contributed by atoms with van der Waals surface area (Å²) >= 11 is 0. The summed E-state index contributed by atoms with van der Waals surface area (Å²) in [4.78, 5) is 0. The minimum Gasteiger partial charge on any atom is -0.491 e. The van der Waals surface area contributed by atoms with Gasteiger partial charge in [-0.05, 0) is 131 Å². The Morgan fingerprint density at radius 3 is 1.95 bits per heavy atom. The highest BCUT2D eigenvalue weighted by Gasteiger charge is 2.35. The van der Waals surface area contributed by atoms with E-state index in [2.05, 4.69) is 31.2 Å². The summed E-state index contributed by atoms with van der Waals surface area (Å²) in [5.74, 6) is 2.19. The van der Waals surface area contributed by atoms with Crippen molar-refractivity contribution < 1.29 is 18.3 Å². The highest BCUT2D eigenvalue weighted by molar-refractivity contribution is 5.65. The topological polar surface area (TPSA) is 18.5 Å². The quantitative estimate of drug-likeness (QED) is 0.337. The Kier molecular flexibility index (Phi) is 9.20. The predicted molar refractivity (Wildman–Crippen MR) is 150 cm³/mol. The fraction of sp³-hybridized carbons (Fsp3) is 0.588. The van der Waals surface area contributed by atoms with E-state index in [1.807, 2.05) is 12.1 Å². The molecule has 3 aliphatic rings. The van der Waals surface area contributed by atoms with Crippen LogP contribution in [0.2, 0.25) is 0 Å². The molecule has 206 valence electrons. The van der Waals surface area contributed by atoms with Crippen LogP contribution in [0, 0.1) is 35.3 Å². The SMILES string of the molecule is C/C=C/C1CCC(C2CCC(C3CCC(c4ccc(-c5ccc(OCC)c(F)c5F)cc4)CC3)CC2)CO1. The van der Waals surface area contributed by atoms with Gasteiger partial charge in [0, 0.05) is 5.56 Å². The highest BCUT2D eigenvalue weighted by Crippen LogP contribution is 2.46. The van der Waals surface area contributed by atoms with Gasteiger partial charge in [0.15, 0.2) is 11.6 Å². The molecule has 2 aromatic rings. The third-order valence-corrected chi connectivity index (χ3v) is 9.71. The molecule has 1 saturated heterocycles. The molecule has 0 amide bonds. The third kappa shape index (κ3) is 6.17. The fourth-order valence-electron chi connectivity index (χ4n) is 7.50. The summed E-state index contributed by atoms with van der Waals surface area (Å²) in [5.41, 5.74) is 2.32. The average Bonchev–Trinajstić information content (AvgIpc) is 2.97. The molecule has 1 heterocycles. The standard InChI is InChI=1S/C34H44F2O2/c1-3-5-30-19-18-29(22-38-30)27-12-10-25(11-13-27)23-6-8-24(9-7-23)26-14-16-28(17-15-26)31-20-21-32(37-4-2)34(36)33(31)35/h3,5,14-17,20-21,23-25,27,29-30H,4,6-13,18-19,22H2,1-2H3/b5-3+. The molecule has 2 aliphatic carbocycles. The summed E-state index contributed by atoms with van der Waals surface area (Å²) in [6.45, 7) is 5.10. The Labute approximate surface area is 227 Å². The first-order chi connectivity index (χ1) is 18.6. The van der Waals surface area contributed by atoms with Crippen molar-refractivity contribution in [1.29, 1.82) is 0 Å². The molecule has 3 fully saturated rings. The first-order valence-electron chi connectivity index (χ1n) is 15.0.